The largest absolute Gasteiger partial charge is 0.494 e. The molecule has 0 bridgehead atoms. The molecule has 0 aliphatic rings. The van der Waals surface area contributed by atoms with Crippen LogP contribution >= 0.6 is 7.82 Å². The second kappa shape index (κ2) is 20.6. The highest BCUT2D eigenvalue weighted by atomic mass is 31.2. The standard InChI is InChI=1S/C31H56NO6P/c1-6-8-9-10-11-12-13-14-15-16-23-36-31-20-18-28(19-21-31)25-29(26-30(33)17-7-2)27-38-39(34,35)37-24-22-32(3,4)5/h18-21,29H,6-17,22-27H2,1-5H3/p+1. The summed E-state index contributed by atoms with van der Waals surface area (Å²) in [6.07, 6.45) is 15.2. The van der Waals surface area contributed by atoms with E-state index in [-0.39, 0.29) is 24.9 Å². The van der Waals surface area contributed by atoms with Gasteiger partial charge in [0, 0.05) is 12.8 Å². The summed E-state index contributed by atoms with van der Waals surface area (Å²) in [5.74, 6) is 0.779. The number of rotatable bonds is 25. The van der Waals surface area contributed by atoms with Gasteiger partial charge in [0.15, 0.2) is 0 Å². The van der Waals surface area contributed by atoms with Gasteiger partial charge in [0.05, 0.1) is 34.4 Å². The number of ketones is 1. The third-order valence-electron chi connectivity index (χ3n) is 6.75. The van der Waals surface area contributed by atoms with E-state index < -0.39 is 7.82 Å². The van der Waals surface area contributed by atoms with Crippen molar-refractivity contribution >= 4 is 13.6 Å². The highest BCUT2D eigenvalue weighted by Crippen LogP contribution is 2.43. The molecule has 7 nitrogen and oxygen atoms in total. The van der Waals surface area contributed by atoms with Gasteiger partial charge < -0.3 is 14.1 Å². The molecule has 0 saturated carbocycles. The number of benzene rings is 1. The Kier molecular flexibility index (Phi) is 18.9. The quantitative estimate of drug-likeness (QED) is 0.0735. The van der Waals surface area contributed by atoms with Crippen LogP contribution in [-0.4, -0.2) is 62.7 Å². The van der Waals surface area contributed by atoms with Gasteiger partial charge in [-0.3, -0.25) is 13.8 Å². The molecule has 39 heavy (non-hydrogen) atoms. The zero-order valence-electron chi connectivity index (χ0n) is 25.5. The number of likely N-dealkylation sites (N-methyl/N-ethyl adjacent to an activating group) is 1. The van der Waals surface area contributed by atoms with E-state index in [1.807, 2.05) is 52.3 Å². The van der Waals surface area contributed by atoms with Crippen molar-refractivity contribution in [2.24, 2.45) is 5.92 Å². The van der Waals surface area contributed by atoms with Gasteiger partial charge >= 0.3 is 7.82 Å². The van der Waals surface area contributed by atoms with Gasteiger partial charge in [-0.25, -0.2) is 4.57 Å². The molecule has 226 valence electrons. The lowest BCUT2D eigenvalue weighted by Crippen LogP contribution is -2.37. The van der Waals surface area contributed by atoms with E-state index in [0.717, 1.165) is 30.8 Å². The summed E-state index contributed by atoms with van der Waals surface area (Å²) < 4.78 is 29.3. The average molecular weight is 571 g/mol. The van der Waals surface area contributed by atoms with Crippen LogP contribution in [-0.2, 0) is 24.8 Å². The summed E-state index contributed by atoms with van der Waals surface area (Å²) in [5, 5.41) is 0. The molecule has 0 spiro atoms. The molecule has 2 atom stereocenters. The van der Waals surface area contributed by atoms with Crippen molar-refractivity contribution in [1.82, 2.24) is 0 Å². The van der Waals surface area contributed by atoms with Crippen LogP contribution in [0, 0.1) is 5.92 Å². The highest BCUT2D eigenvalue weighted by Gasteiger charge is 2.25. The zero-order chi connectivity index (χ0) is 29.0. The van der Waals surface area contributed by atoms with Crippen LogP contribution < -0.4 is 4.74 Å². The Bertz CT molecular complexity index is 808. The van der Waals surface area contributed by atoms with Gasteiger partial charge in [-0.05, 0) is 42.9 Å². The number of unbranched alkanes of at least 4 members (excludes halogenated alkanes) is 9. The first kappa shape index (κ1) is 35.8. The van der Waals surface area contributed by atoms with Crippen LogP contribution in [0.15, 0.2) is 24.3 Å². The molecule has 0 saturated heterocycles. The van der Waals surface area contributed by atoms with Crippen LogP contribution in [0.5, 0.6) is 5.75 Å². The minimum absolute atomic E-state index is 0.00933. The number of hydrogen-bond acceptors (Lipinski definition) is 5. The summed E-state index contributed by atoms with van der Waals surface area (Å²) in [5.41, 5.74) is 1.04. The first-order valence-corrected chi connectivity index (χ1v) is 16.7. The molecule has 0 aliphatic carbocycles. The monoisotopic (exact) mass is 570 g/mol. The summed E-state index contributed by atoms with van der Waals surface area (Å²) in [6, 6.07) is 7.92. The lowest BCUT2D eigenvalue weighted by molar-refractivity contribution is -0.870. The molecule has 1 aromatic rings. The van der Waals surface area contributed by atoms with E-state index in [0.29, 0.717) is 30.3 Å². The highest BCUT2D eigenvalue weighted by molar-refractivity contribution is 7.47. The first-order chi connectivity index (χ1) is 18.5. The van der Waals surface area contributed by atoms with Crippen molar-refractivity contribution in [3.63, 3.8) is 0 Å². The lowest BCUT2D eigenvalue weighted by atomic mass is 9.94. The van der Waals surface area contributed by atoms with Crippen molar-refractivity contribution in [2.45, 2.75) is 104 Å². The fourth-order valence-electron chi connectivity index (χ4n) is 4.39. The topological polar surface area (TPSA) is 82.1 Å². The van der Waals surface area contributed by atoms with E-state index in [9.17, 15) is 14.3 Å². The Hall–Kier alpha value is -1.24. The molecule has 1 N–H and O–H groups in total. The summed E-state index contributed by atoms with van der Waals surface area (Å²) >= 11 is 0. The Morgan fingerprint density at radius 2 is 1.44 bits per heavy atom. The SMILES string of the molecule is CCCCCCCCCCCCOc1ccc(CC(COP(=O)(O)OCC[N+](C)(C)C)CC(=O)CCC)cc1. The molecule has 1 aromatic carbocycles. The minimum Gasteiger partial charge on any atom is -0.494 e. The summed E-state index contributed by atoms with van der Waals surface area (Å²) in [6.45, 7) is 5.65. The zero-order valence-corrected chi connectivity index (χ0v) is 26.4. The van der Waals surface area contributed by atoms with Gasteiger partial charge in [0.25, 0.3) is 0 Å². The number of phosphoric acid groups is 1. The fourth-order valence-corrected chi connectivity index (χ4v) is 5.18. The van der Waals surface area contributed by atoms with Crippen LogP contribution in [0.3, 0.4) is 0 Å². The maximum absolute atomic E-state index is 12.4. The molecular weight excluding hydrogens is 513 g/mol. The number of Topliss-reactive ketones (excluding diaryl/α,β-unsaturated/α-hetero) is 1. The number of hydrogen-bond donors (Lipinski definition) is 1. The molecule has 0 aromatic heterocycles. The van der Waals surface area contributed by atoms with E-state index in [1.165, 1.54) is 57.8 Å². The molecule has 0 radical (unpaired) electrons. The summed E-state index contributed by atoms with van der Waals surface area (Å²) in [4.78, 5) is 22.5. The Balaban J connectivity index is 2.43. The fraction of sp³-hybridized carbons (Fsp3) is 0.774. The van der Waals surface area contributed by atoms with Crippen molar-refractivity contribution in [3.05, 3.63) is 29.8 Å². The van der Waals surface area contributed by atoms with Crippen LogP contribution in [0.25, 0.3) is 0 Å². The predicted molar refractivity (Wildman–Crippen MR) is 160 cm³/mol. The van der Waals surface area contributed by atoms with Gasteiger partial charge in [-0.2, -0.15) is 0 Å². The van der Waals surface area contributed by atoms with Crippen molar-refractivity contribution in [2.75, 3.05) is 47.5 Å². The number of quaternary nitrogens is 1. The van der Waals surface area contributed by atoms with Crippen LogP contribution in [0.2, 0.25) is 0 Å². The number of ether oxygens (including phenoxy) is 1. The molecule has 0 heterocycles. The average Bonchev–Trinajstić information content (AvgIpc) is 2.86. The third-order valence-corrected chi connectivity index (χ3v) is 7.73. The molecule has 1 rings (SSSR count). The van der Waals surface area contributed by atoms with Crippen LogP contribution in [0.1, 0.15) is 103 Å². The molecular formula is C31H57NO6P+. The molecule has 0 fully saturated rings. The third kappa shape index (κ3) is 20.3. The number of carbonyl (C=O) groups is 1. The summed E-state index contributed by atoms with van der Waals surface area (Å²) in [7, 11) is 1.77. The van der Waals surface area contributed by atoms with E-state index in [2.05, 4.69) is 6.92 Å². The normalized spacial score (nSPS) is 14.2. The lowest BCUT2D eigenvalue weighted by Gasteiger charge is -2.24. The van der Waals surface area contributed by atoms with Gasteiger partial charge in [0.1, 0.15) is 24.7 Å². The van der Waals surface area contributed by atoms with Gasteiger partial charge in [0.2, 0.25) is 0 Å². The first-order valence-electron chi connectivity index (χ1n) is 15.2. The van der Waals surface area contributed by atoms with Crippen molar-refractivity contribution in [3.8, 4) is 5.75 Å². The molecule has 8 heteroatoms. The predicted octanol–water partition coefficient (Wildman–Crippen LogP) is 7.74. The van der Waals surface area contributed by atoms with Crippen molar-refractivity contribution < 1.29 is 32.5 Å². The second-order valence-corrected chi connectivity index (χ2v) is 13.3. The number of nitrogens with zero attached hydrogens (tertiary/aromatic N) is 1. The molecule has 2 unspecified atom stereocenters. The van der Waals surface area contributed by atoms with Gasteiger partial charge in [-0.1, -0.05) is 83.8 Å². The maximum Gasteiger partial charge on any atom is 0.472 e. The number of carbonyl (C=O) groups excluding carboxylic acids is 1. The van der Waals surface area contributed by atoms with Gasteiger partial charge in [-0.15, -0.1) is 0 Å². The Morgan fingerprint density at radius 3 is 2.00 bits per heavy atom. The van der Waals surface area contributed by atoms with E-state index in [1.54, 1.807) is 0 Å². The molecule has 0 amide bonds. The van der Waals surface area contributed by atoms with E-state index in [4.69, 9.17) is 13.8 Å². The minimum atomic E-state index is -4.18. The second-order valence-electron chi connectivity index (χ2n) is 11.8. The Labute approximate surface area is 238 Å². The van der Waals surface area contributed by atoms with E-state index >= 15 is 0 Å². The Morgan fingerprint density at radius 1 is 0.846 bits per heavy atom. The molecule has 0 aliphatic heterocycles. The maximum atomic E-state index is 12.4. The van der Waals surface area contributed by atoms with Crippen LogP contribution in [0.4, 0.5) is 0 Å². The smallest absolute Gasteiger partial charge is 0.472 e. The number of phosphoric ester groups is 1. The van der Waals surface area contributed by atoms with Crippen molar-refractivity contribution in [1.29, 1.82) is 0 Å².